The lowest BCUT2D eigenvalue weighted by molar-refractivity contribution is 0.0215. The van der Waals surface area contributed by atoms with E-state index in [9.17, 15) is 8.78 Å². The van der Waals surface area contributed by atoms with Crippen LogP contribution in [0.3, 0.4) is 0 Å². The number of ether oxygens (including phenoxy) is 1. The van der Waals surface area contributed by atoms with E-state index in [1.165, 1.54) is 6.33 Å². The summed E-state index contributed by atoms with van der Waals surface area (Å²) >= 11 is 3.36. The first-order valence-electron chi connectivity index (χ1n) is 5.49. The van der Waals surface area contributed by atoms with E-state index in [0.29, 0.717) is 22.7 Å². The van der Waals surface area contributed by atoms with Crippen molar-refractivity contribution in [1.29, 1.82) is 0 Å². The van der Waals surface area contributed by atoms with Crippen LogP contribution in [0.2, 0.25) is 0 Å². The largest absolute Gasteiger partial charge is 0.374 e. The van der Waals surface area contributed by atoms with Gasteiger partial charge in [0, 0.05) is 13.1 Å². The molecule has 0 radical (unpaired) electrons. The van der Waals surface area contributed by atoms with E-state index in [0.717, 1.165) is 6.54 Å². The zero-order valence-corrected chi connectivity index (χ0v) is 11.5. The highest BCUT2D eigenvalue weighted by molar-refractivity contribution is 9.10. The molecule has 5 nitrogen and oxygen atoms in total. The fraction of sp³-hybridized carbons (Fsp3) is 0.600. The van der Waals surface area contributed by atoms with Crippen LogP contribution in [0, 0.1) is 0 Å². The molecule has 1 heterocycles. The summed E-state index contributed by atoms with van der Waals surface area (Å²) in [5, 5.41) is 6.04. The molecule has 0 atom stereocenters. The van der Waals surface area contributed by atoms with E-state index in [2.05, 4.69) is 36.5 Å². The Balaban J connectivity index is 2.40. The molecular formula is C10H15BrF2N4O. The highest BCUT2D eigenvalue weighted by atomic mass is 79.9. The first-order chi connectivity index (χ1) is 8.65. The summed E-state index contributed by atoms with van der Waals surface area (Å²) in [5.74, 6) is 1.28. The predicted molar refractivity (Wildman–Crippen MR) is 69.2 cm³/mol. The Morgan fingerprint density at radius 1 is 1.33 bits per heavy atom. The van der Waals surface area contributed by atoms with Crippen molar-refractivity contribution < 1.29 is 13.5 Å². The third-order valence-corrected chi connectivity index (χ3v) is 2.67. The van der Waals surface area contributed by atoms with Crippen molar-refractivity contribution in [2.24, 2.45) is 0 Å². The number of rotatable bonds is 8. The lowest BCUT2D eigenvalue weighted by Crippen LogP contribution is -2.14. The minimum Gasteiger partial charge on any atom is -0.374 e. The lowest BCUT2D eigenvalue weighted by atomic mass is 10.5. The standard InChI is InChI=1S/C10H15BrF2N4O/c1-2-14-9-8(11)10(17-6-16-9)15-3-4-18-5-7(12)13/h6-7H,2-5H2,1H3,(H2,14,15,16,17). The van der Waals surface area contributed by atoms with E-state index in [-0.39, 0.29) is 6.61 Å². The van der Waals surface area contributed by atoms with Crippen molar-refractivity contribution in [2.75, 3.05) is 36.9 Å². The minimum atomic E-state index is -2.43. The van der Waals surface area contributed by atoms with Gasteiger partial charge in [0.1, 0.15) is 29.0 Å². The van der Waals surface area contributed by atoms with Crippen molar-refractivity contribution in [3.63, 3.8) is 0 Å². The molecule has 0 saturated carbocycles. The molecule has 0 aliphatic carbocycles. The SMILES string of the molecule is CCNc1ncnc(NCCOCC(F)F)c1Br. The maximum atomic E-state index is 11.8. The normalized spacial score (nSPS) is 10.7. The van der Waals surface area contributed by atoms with Crippen molar-refractivity contribution in [2.45, 2.75) is 13.3 Å². The molecule has 0 aliphatic rings. The maximum Gasteiger partial charge on any atom is 0.261 e. The van der Waals surface area contributed by atoms with Gasteiger partial charge in [-0.05, 0) is 22.9 Å². The van der Waals surface area contributed by atoms with Crippen LogP contribution in [0.4, 0.5) is 20.4 Å². The summed E-state index contributed by atoms with van der Waals surface area (Å²) < 4.78 is 29.1. The third-order valence-electron chi connectivity index (χ3n) is 1.92. The van der Waals surface area contributed by atoms with Gasteiger partial charge in [-0.2, -0.15) is 0 Å². The van der Waals surface area contributed by atoms with Crippen LogP contribution in [0.5, 0.6) is 0 Å². The summed E-state index contributed by atoms with van der Waals surface area (Å²) in [5.41, 5.74) is 0. The van der Waals surface area contributed by atoms with E-state index < -0.39 is 13.0 Å². The number of nitrogens with zero attached hydrogens (tertiary/aromatic N) is 2. The summed E-state index contributed by atoms with van der Waals surface area (Å²) in [4.78, 5) is 8.10. The van der Waals surface area contributed by atoms with E-state index >= 15 is 0 Å². The molecule has 1 aromatic rings. The minimum absolute atomic E-state index is 0.192. The molecule has 0 bridgehead atoms. The van der Waals surface area contributed by atoms with Crippen molar-refractivity contribution in [3.05, 3.63) is 10.8 Å². The molecular weight excluding hydrogens is 310 g/mol. The Morgan fingerprint density at radius 3 is 2.61 bits per heavy atom. The summed E-state index contributed by atoms with van der Waals surface area (Å²) in [6.45, 7) is 2.74. The van der Waals surface area contributed by atoms with Gasteiger partial charge < -0.3 is 15.4 Å². The molecule has 0 aliphatic heterocycles. The topological polar surface area (TPSA) is 59.1 Å². The predicted octanol–water partition coefficient (Wildman–Crippen LogP) is 2.36. The lowest BCUT2D eigenvalue weighted by Gasteiger charge is -2.10. The number of aromatic nitrogens is 2. The first kappa shape index (κ1) is 15.0. The van der Waals surface area contributed by atoms with Gasteiger partial charge >= 0.3 is 0 Å². The molecule has 2 N–H and O–H groups in total. The molecule has 1 aromatic heterocycles. The van der Waals surface area contributed by atoms with E-state index in [1.807, 2.05) is 6.92 Å². The highest BCUT2D eigenvalue weighted by Crippen LogP contribution is 2.25. The molecule has 0 spiro atoms. The van der Waals surface area contributed by atoms with Crippen molar-refractivity contribution in [3.8, 4) is 0 Å². The average molecular weight is 325 g/mol. The van der Waals surface area contributed by atoms with Gasteiger partial charge in [-0.25, -0.2) is 18.7 Å². The number of alkyl halides is 2. The van der Waals surface area contributed by atoms with Crippen LogP contribution < -0.4 is 10.6 Å². The van der Waals surface area contributed by atoms with Crippen LogP contribution in [0.1, 0.15) is 6.92 Å². The van der Waals surface area contributed by atoms with Gasteiger partial charge in [-0.1, -0.05) is 0 Å². The van der Waals surface area contributed by atoms with E-state index in [1.54, 1.807) is 0 Å². The number of hydrogen-bond donors (Lipinski definition) is 2. The van der Waals surface area contributed by atoms with Crippen LogP contribution in [-0.4, -0.2) is 42.7 Å². The summed E-state index contributed by atoms with van der Waals surface area (Å²) in [7, 11) is 0. The Hall–Kier alpha value is -1.02. The molecule has 0 amide bonds. The summed E-state index contributed by atoms with van der Waals surface area (Å²) in [6, 6.07) is 0. The second kappa shape index (κ2) is 8.15. The number of anilines is 2. The third kappa shape index (κ3) is 5.09. The van der Waals surface area contributed by atoms with Crippen molar-refractivity contribution >= 4 is 27.6 Å². The number of nitrogens with one attached hydrogen (secondary N) is 2. The molecule has 0 unspecified atom stereocenters. The Kier molecular flexibility index (Phi) is 6.81. The monoisotopic (exact) mass is 324 g/mol. The highest BCUT2D eigenvalue weighted by Gasteiger charge is 2.07. The molecule has 0 fully saturated rings. The van der Waals surface area contributed by atoms with Gasteiger partial charge in [0.05, 0.1) is 6.61 Å². The number of hydrogen-bond acceptors (Lipinski definition) is 5. The quantitative estimate of drug-likeness (QED) is 0.719. The molecule has 1 rings (SSSR count). The van der Waals surface area contributed by atoms with Gasteiger partial charge in [0.15, 0.2) is 0 Å². The average Bonchev–Trinajstić information content (AvgIpc) is 2.33. The van der Waals surface area contributed by atoms with E-state index in [4.69, 9.17) is 4.74 Å². The second-order valence-corrected chi connectivity index (χ2v) is 4.10. The smallest absolute Gasteiger partial charge is 0.261 e. The summed E-state index contributed by atoms with van der Waals surface area (Å²) in [6.07, 6.45) is -1.01. The number of halogens is 3. The van der Waals surface area contributed by atoms with Gasteiger partial charge in [0.2, 0.25) is 0 Å². The fourth-order valence-corrected chi connectivity index (χ4v) is 1.68. The van der Waals surface area contributed by atoms with Gasteiger partial charge in [-0.15, -0.1) is 0 Å². The van der Waals surface area contributed by atoms with Crippen LogP contribution in [-0.2, 0) is 4.74 Å². The Bertz CT molecular complexity index is 368. The van der Waals surface area contributed by atoms with Crippen LogP contribution in [0.25, 0.3) is 0 Å². The Labute approximate surface area is 112 Å². The zero-order chi connectivity index (χ0) is 13.4. The first-order valence-corrected chi connectivity index (χ1v) is 6.28. The van der Waals surface area contributed by atoms with Crippen molar-refractivity contribution in [1.82, 2.24) is 9.97 Å². The molecule has 0 saturated heterocycles. The maximum absolute atomic E-state index is 11.8. The van der Waals surface area contributed by atoms with Crippen LogP contribution in [0.15, 0.2) is 10.8 Å². The van der Waals surface area contributed by atoms with Crippen LogP contribution >= 0.6 is 15.9 Å². The molecule has 102 valence electrons. The second-order valence-electron chi connectivity index (χ2n) is 3.31. The molecule has 8 heteroatoms. The zero-order valence-electron chi connectivity index (χ0n) is 9.92. The fourth-order valence-electron chi connectivity index (χ4n) is 1.20. The molecule has 18 heavy (non-hydrogen) atoms. The van der Waals surface area contributed by atoms with Gasteiger partial charge in [-0.3, -0.25) is 0 Å². The molecule has 0 aromatic carbocycles. The van der Waals surface area contributed by atoms with Gasteiger partial charge in [0.25, 0.3) is 6.43 Å². The Morgan fingerprint density at radius 2 is 2.00 bits per heavy atom.